The van der Waals surface area contributed by atoms with E-state index in [1.54, 1.807) is 0 Å². The Kier molecular flexibility index (Phi) is 21.1. The van der Waals surface area contributed by atoms with Gasteiger partial charge in [-0.1, -0.05) is 74.5 Å². The second-order valence-corrected chi connectivity index (χ2v) is 14.4. The first kappa shape index (κ1) is 47.6. The predicted molar refractivity (Wildman–Crippen MR) is 222 cm³/mol. The molecule has 12 N–H and O–H groups in total. The number of benzene rings is 2. The van der Waals surface area contributed by atoms with Crippen molar-refractivity contribution in [1.29, 1.82) is 0 Å². The lowest BCUT2D eigenvalue weighted by Gasteiger charge is -2.35. The summed E-state index contributed by atoms with van der Waals surface area (Å²) < 4.78 is 0. The fraction of sp³-hybridized carbons (Fsp3) is 0.513. The number of nitrogens with zero attached hydrogens (tertiary/aromatic N) is 4. The van der Waals surface area contributed by atoms with Gasteiger partial charge in [0.05, 0.1) is 24.2 Å². The van der Waals surface area contributed by atoms with Crippen molar-refractivity contribution >= 4 is 64.3 Å². The van der Waals surface area contributed by atoms with Crippen molar-refractivity contribution in [3.63, 3.8) is 0 Å². The van der Waals surface area contributed by atoms with E-state index in [4.69, 9.17) is 57.6 Å². The summed E-state index contributed by atoms with van der Waals surface area (Å²) in [5, 5.41) is -3.88. The van der Waals surface area contributed by atoms with Crippen LogP contribution < -0.4 is 34.4 Å². The van der Waals surface area contributed by atoms with Crippen molar-refractivity contribution in [3.05, 3.63) is 71.8 Å². The summed E-state index contributed by atoms with van der Waals surface area (Å²) in [5.74, 6) is -4.13. The van der Waals surface area contributed by atoms with E-state index in [1.165, 1.54) is 9.80 Å². The number of aliphatic imine (C=N–C) groups is 2. The molecule has 0 aliphatic rings. The Morgan fingerprint density at radius 3 is 1.23 bits per heavy atom. The highest BCUT2D eigenvalue weighted by Gasteiger charge is 2.43. The van der Waals surface area contributed by atoms with Crippen LogP contribution in [-0.4, -0.2) is 112 Å². The van der Waals surface area contributed by atoms with Crippen LogP contribution in [-0.2, 0) is 36.8 Å². The number of hydrogen-bond acceptors (Lipinski definition) is 9. The average molecular weight is 818 g/mol. The summed E-state index contributed by atoms with van der Waals surface area (Å²) in [7, 11) is 0. The van der Waals surface area contributed by atoms with Crippen molar-refractivity contribution in [2.75, 3.05) is 26.2 Å². The van der Waals surface area contributed by atoms with E-state index in [0.717, 1.165) is 11.1 Å². The molecule has 0 aliphatic carbocycles. The highest BCUT2D eigenvalue weighted by molar-refractivity contribution is 6.52. The molecule has 2 aromatic rings. The molecule has 0 radical (unpaired) electrons. The topological polar surface area (TPSA) is 273 Å². The summed E-state index contributed by atoms with van der Waals surface area (Å²) in [6, 6.07) is 13.8. The van der Waals surface area contributed by atoms with E-state index in [0.29, 0.717) is 12.8 Å². The number of amides is 2. The van der Waals surface area contributed by atoms with Gasteiger partial charge in [-0.25, -0.2) is 0 Å². The molecule has 0 aliphatic heterocycles. The molecule has 6 atom stereocenters. The molecule has 0 saturated heterocycles. The summed E-state index contributed by atoms with van der Waals surface area (Å²) >= 11 is 13.3. The van der Waals surface area contributed by atoms with Crippen LogP contribution in [0.15, 0.2) is 70.6 Å². The lowest BCUT2D eigenvalue weighted by Crippen LogP contribution is -2.57. The van der Waals surface area contributed by atoms with Gasteiger partial charge in [0, 0.05) is 26.2 Å². The minimum atomic E-state index is -1.94. The van der Waals surface area contributed by atoms with Gasteiger partial charge in [0.2, 0.25) is 11.8 Å². The molecule has 0 heterocycles. The maximum Gasteiger partial charge on any atom is 0.240 e. The highest BCUT2D eigenvalue weighted by Crippen LogP contribution is 2.23. The Morgan fingerprint density at radius 1 is 0.589 bits per heavy atom. The molecule has 308 valence electrons. The Hall–Kier alpha value is -4.57. The van der Waals surface area contributed by atoms with Gasteiger partial charge in [0.15, 0.2) is 40.0 Å². The number of alkyl halides is 2. The van der Waals surface area contributed by atoms with E-state index in [1.807, 2.05) is 74.5 Å². The third kappa shape index (κ3) is 15.2. The number of nitrogens with two attached hydrogens (primary N) is 6. The second-order valence-electron chi connectivity index (χ2n) is 13.5. The van der Waals surface area contributed by atoms with E-state index in [2.05, 4.69) is 9.98 Å². The predicted octanol–water partition coefficient (Wildman–Crippen LogP) is 1.37. The first-order valence-electron chi connectivity index (χ1n) is 18.8. The van der Waals surface area contributed by atoms with E-state index < -0.39 is 64.1 Å². The van der Waals surface area contributed by atoms with Crippen molar-refractivity contribution < 1.29 is 24.0 Å². The summed E-state index contributed by atoms with van der Waals surface area (Å²) in [6.45, 7) is 4.14. The lowest BCUT2D eigenvalue weighted by molar-refractivity contribution is -0.143. The van der Waals surface area contributed by atoms with Crippen molar-refractivity contribution in [2.24, 2.45) is 44.4 Å². The number of ketones is 3. The van der Waals surface area contributed by atoms with Gasteiger partial charge >= 0.3 is 0 Å². The third-order valence-electron chi connectivity index (χ3n) is 9.00. The Labute approximate surface area is 339 Å². The number of carbonyl (C=O) groups is 5. The highest BCUT2D eigenvalue weighted by atomic mass is 35.5. The molecule has 2 rings (SSSR count). The van der Waals surface area contributed by atoms with Gasteiger partial charge in [-0.2, -0.15) is 0 Å². The molecule has 4 unspecified atom stereocenters. The van der Waals surface area contributed by atoms with Gasteiger partial charge < -0.3 is 44.2 Å². The van der Waals surface area contributed by atoms with Crippen LogP contribution in [0.3, 0.4) is 0 Å². The molecule has 0 fully saturated rings. The van der Waals surface area contributed by atoms with Gasteiger partial charge in [-0.05, 0) is 62.5 Å². The smallest absolute Gasteiger partial charge is 0.240 e. The van der Waals surface area contributed by atoms with Crippen molar-refractivity contribution in [3.8, 4) is 0 Å². The summed E-state index contributed by atoms with van der Waals surface area (Å²) in [5.41, 5.74) is 36.4. The molecular formula is C39H58Cl2N10O5. The molecule has 0 aromatic heterocycles. The molecule has 56 heavy (non-hydrogen) atoms. The van der Waals surface area contributed by atoms with Gasteiger partial charge in [-0.3, -0.25) is 34.0 Å². The Bertz CT molecular complexity index is 1510. The molecule has 2 aromatic carbocycles. The SMILES string of the molecule is CCCN(C(=O)[C@H](N)Cc1ccccc1)C(CCCN=C(N)N)C(=O)C(Cl)C(=O)C(Cl)C(=O)C(CCCN=C(N)N)N(CCC)C(=O)[C@H](N)Cc1ccccc1. The summed E-state index contributed by atoms with van der Waals surface area (Å²) in [6.07, 6.45) is 1.84. The first-order chi connectivity index (χ1) is 26.6. The van der Waals surface area contributed by atoms with Gasteiger partial charge in [0.25, 0.3) is 0 Å². The molecule has 2 amide bonds. The molecular weight excluding hydrogens is 759 g/mol. The zero-order valence-electron chi connectivity index (χ0n) is 32.3. The number of hydrogen-bond donors (Lipinski definition) is 6. The fourth-order valence-electron chi connectivity index (χ4n) is 6.29. The minimum Gasteiger partial charge on any atom is -0.370 e. The van der Waals surface area contributed by atoms with E-state index in [-0.39, 0.29) is 76.6 Å². The van der Waals surface area contributed by atoms with Crippen LogP contribution in [0, 0.1) is 0 Å². The zero-order chi connectivity index (χ0) is 41.8. The normalized spacial score (nSPS) is 14.2. The number of Topliss-reactive ketones (excluding diaryl/α,β-unsaturated/α-hetero) is 3. The van der Waals surface area contributed by atoms with E-state index >= 15 is 0 Å². The first-order valence-corrected chi connectivity index (χ1v) is 19.7. The third-order valence-corrected chi connectivity index (χ3v) is 9.86. The monoisotopic (exact) mass is 816 g/mol. The van der Waals surface area contributed by atoms with Crippen LogP contribution in [0.25, 0.3) is 0 Å². The number of guanidine groups is 2. The van der Waals surface area contributed by atoms with Gasteiger partial charge in [0.1, 0.15) is 0 Å². The van der Waals surface area contributed by atoms with Crippen LogP contribution in [0.5, 0.6) is 0 Å². The van der Waals surface area contributed by atoms with Crippen LogP contribution in [0.2, 0.25) is 0 Å². The maximum atomic E-state index is 14.2. The second kappa shape index (κ2) is 24.8. The minimum absolute atomic E-state index is 0.0301. The van der Waals surface area contributed by atoms with Gasteiger partial charge in [-0.15, -0.1) is 23.2 Å². The Morgan fingerprint density at radius 2 is 0.929 bits per heavy atom. The van der Waals surface area contributed by atoms with E-state index in [9.17, 15) is 24.0 Å². The quantitative estimate of drug-likeness (QED) is 0.0259. The maximum absolute atomic E-state index is 14.2. The van der Waals surface area contributed by atoms with Crippen LogP contribution >= 0.6 is 23.2 Å². The number of carbonyl (C=O) groups excluding carboxylic acids is 5. The van der Waals surface area contributed by atoms with Crippen molar-refractivity contribution in [1.82, 2.24) is 9.80 Å². The fourth-order valence-corrected chi connectivity index (χ4v) is 6.90. The summed E-state index contributed by atoms with van der Waals surface area (Å²) in [4.78, 5) is 80.8. The zero-order valence-corrected chi connectivity index (χ0v) is 33.8. The largest absolute Gasteiger partial charge is 0.370 e. The Balaban J connectivity index is 2.45. The molecule has 17 heteroatoms. The standard InChI is InChI=1S/C39H58Cl2N10O5/c1-3-21-50(36(55)27(42)23-25-13-7-5-8-14-25)29(17-11-19-48-38(44)45)33(52)31(40)35(54)32(41)34(53)30(18-12-20-49-39(46)47)51(22-4-2)37(56)28(43)24-26-15-9-6-10-16-26/h5-10,13-16,27-32H,3-4,11-12,17-24,42-43H2,1-2H3,(H4,44,45,48)(H4,46,47,49)/t27-,28-,29?,30?,31?,32?/m1/s1. The average Bonchev–Trinajstić information content (AvgIpc) is 3.18. The molecule has 0 spiro atoms. The molecule has 0 bridgehead atoms. The van der Waals surface area contributed by atoms with Crippen LogP contribution in [0.4, 0.5) is 0 Å². The lowest BCUT2D eigenvalue weighted by atomic mass is 9.93. The van der Waals surface area contributed by atoms with Crippen molar-refractivity contribution in [2.45, 2.75) is 100 Å². The number of halogens is 2. The molecule has 15 nitrogen and oxygen atoms in total. The number of rotatable bonds is 26. The molecule has 0 saturated carbocycles. The van der Waals surface area contributed by atoms with Crippen LogP contribution in [0.1, 0.15) is 63.5 Å².